The minimum Gasteiger partial charge on any atom is -0.365 e. The Labute approximate surface area is 109 Å². The minimum absolute atomic E-state index is 0.453. The van der Waals surface area contributed by atoms with Crippen molar-refractivity contribution in [1.82, 2.24) is 0 Å². The molecule has 2 nitrogen and oxygen atoms in total. The minimum atomic E-state index is 0.453. The molecule has 0 aromatic heterocycles. The van der Waals surface area contributed by atoms with E-state index in [4.69, 9.17) is 0 Å². The fraction of sp³-hybridized carbons (Fsp3) is 0.462. The third-order valence-electron chi connectivity index (χ3n) is 3.65. The van der Waals surface area contributed by atoms with Crippen LogP contribution in [0.1, 0.15) is 25.7 Å². The van der Waals surface area contributed by atoms with Crippen molar-refractivity contribution in [2.45, 2.75) is 37.8 Å². The molecule has 2 atom stereocenters. The van der Waals surface area contributed by atoms with Crippen molar-refractivity contribution in [3.05, 3.63) is 27.8 Å². The van der Waals surface area contributed by atoms with Crippen LogP contribution >= 0.6 is 22.6 Å². The lowest BCUT2D eigenvalue weighted by Gasteiger charge is -2.36. The Morgan fingerprint density at radius 2 is 1.88 bits per heavy atom. The van der Waals surface area contributed by atoms with Crippen molar-refractivity contribution in [3.63, 3.8) is 0 Å². The van der Waals surface area contributed by atoms with Gasteiger partial charge in [0.15, 0.2) is 0 Å². The fourth-order valence-electron chi connectivity index (χ4n) is 3.03. The summed E-state index contributed by atoms with van der Waals surface area (Å²) < 4.78 is 1.27. The summed E-state index contributed by atoms with van der Waals surface area (Å²) in [6, 6.07) is 9.54. The zero-order chi connectivity index (χ0) is 11.1. The third-order valence-corrected chi connectivity index (χ3v) is 4.32. The second-order valence-corrected chi connectivity index (χ2v) is 5.96. The molecule has 2 unspecified atom stereocenters. The molecule has 0 saturated carbocycles. The van der Waals surface area contributed by atoms with Gasteiger partial charge in [0.05, 0.1) is 0 Å². The number of fused-ring (bicyclic) bond motifs is 2. The van der Waals surface area contributed by atoms with Crippen LogP contribution in [-0.2, 0) is 4.79 Å². The van der Waals surface area contributed by atoms with E-state index >= 15 is 0 Å². The second kappa shape index (κ2) is 4.02. The number of nitrogens with zero attached hydrogens (tertiary/aromatic N) is 1. The predicted molar refractivity (Wildman–Crippen MR) is 72.7 cm³/mol. The van der Waals surface area contributed by atoms with Gasteiger partial charge in [-0.15, -0.1) is 0 Å². The number of piperidine rings is 1. The van der Waals surface area contributed by atoms with Crippen molar-refractivity contribution in [1.29, 1.82) is 0 Å². The molecule has 2 heterocycles. The summed E-state index contributed by atoms with van der Waals surface area (Å²) in [6.45, 7) is 0. The van der Waals surface area contributed by atoms with E-state index in [9.17, 15) is 4.79 Å². The average Bonchev–Trinajstić information content (AvgIpc) is 2.51. The number of carbonyl (C=O) groups is 1. The molecule has 2 saturated heterocycles. The van der Waals surface area contributed by atoms with E-state index in [1.54, 1.807) is 0 Å². The van der Waals surface area contributed by atoms with E-state index in [-0.39, 0.29) is 0 Å². The second-order valence-electron chi connectivity index (χ2n) is 4.72. The molecule has 1 aromatic rings. The number of hydrogen-bond acceptors (Lipinski definition) is 2. The molecule has 0 aliphatic carbocycles. The molecular weight excluding hydrogens is 313 g/mol. The molecule has 3 rings (SSSR count). The van der Waals surface area contributed by atoms with Gasteiger partial charge in [0.1, 0.15) is 5.78 Å². The maximum absolute atomic E-state index is 11.5. The standard InChI is InChI=1S/C13H14INO/c14-9-2-1-3-10(6-9)15-11-4-5-12(15)8-13(16)7-11/h1-3,6,11-12H,4-5,7-8H2. The summed E-state index contributed by atoms with van der Waals surface area (Å²) in [5.74, 6) is 0.453. The Morgan fingerprint density at radius 1 is 1.19 bits per heavy atom. The zero-order valence-electron chi connectivity index (χ0n) is 9.03. The largest absolute Gasteiger partial charge is 0.365 e. The Balaban J connectivity index is 1.94. The van der Waals surface area contributed by atoms with Gasteiger partial charge in [-0.1, -0.05) is 6.07 Å². The van der Waals surface area contributed by atoms with Crippen LogP contribution < -0.4 is 4.90 Å². The Bertz CT molecular complexity index is 416. The van der Waals surface area contributed by atoms with Crippen LogP contribution in [0.5, 0.6) is 0 Å². The number of benzene rings is 1. The fourth-order valence-corrected chi connectivity index (χ4v) is 3.56. The average molecular weight is 327 g/mol. The van der Waals surface area contributed by atoms with Crippen LogP contribution in [0.15, 0.2) is 24.3 Å². The maximum atomic E-state index is 11.5. The summed E-state index contributed by atoms with van der Waals surface area (Å²) in [5.41, 5.74) is 1.30. The smallest absolute Gasteiger partial charge is 0.137 e. The number of anilines is 1. The van der Waals surface area contributed by atoms with Crippen LogP contribution in [0, 0.1) is 3.57 Å². The zero-order valence-corrected chi connectivity index (χ0v) is 11.2. The van der Waals surface area contributed by atoms with Gasteiger partial charge in [-0.25, -0.2) is 0 Å². The summed E-state index contributed by atoms with van der Waals surface area (Å²) in [6.07, 6.45) is 3.87. The summed E-state index contributed by atoms with van der Waals surface area (Å²) in [4.78, 5) is 14.0. The van der Waals surface area contributed by atoms with E-state index in [1.165, 1.54) is 22.1 Å². The first kappa shape index (κ1) is 10.6. The highest BCUT2D eigenvalue weighted by molar-refractivity contribution is 14.1. The maximum Gasteiger partial charge on any atom is 0.137 e. The molecule has 0 radical (unpaired) electrons. The van der Waals surface area contributed by atoms with Gasteiger partial charge in [-0.05, 0) is 53.6 Å². The van der Waals surface area contributed by atoms with Crippen LogP contribution in [0.25, 0.3) is 0 Å². The normalized spacial score (nSPS) is 28.6. The molecule has 2 aliphatic rings. The SMILES string of the molecule is O=C1CC2CCC(C1)N2c1cccc(I)c1. The number of ketones is 1. The molecule has 2 aliphatic heterocycles. The molecule has 0 N–H and O–H groups in total. The first-order valence-corrected chi connectivity index (χ1v) is 6.87. The molecular formula is C13H14INO. The van der Waals surface area contributed by atoms with Gasteiger partial charge in [-0.2, -0.15) is 0 Å². The van der Waals surface area contributed by atoms with E-state index < -0.39 is 0 Å². The molecule has 0 amide bonds. The Morgan fingerprint density at radius 3 is 2.50 bits per heavy atom. The van der Waals surface area contributed by atoms with E-state index in [1.807, 2.05) is 0 Å². The Hall–Kier alpha value is -0.580. The van der Waals surface area contributed by atoms with Gasteiger partial charge in [0.25, 0.3) is 0 Å². The highest BCUT2D eigenvalue weighted by Gasteiger charge is 2.39. The number of Topliss-reactive ketones (excluding diaryl/α,β-unsaturated/α-hetero) is 1. The molecule has 84 valence electrons. The van der Waals surface area contributed by atoms with Crippen molar-refractivity contribution in [3.8, 4) is 0 Å². The van der Waals surface area contributed by atoms with E-state index in [2.05, 4.69) is 51.8 Å². The molecule has 2 bridgehead atoms. The number of rotatable bonds is 1. The molecule has 16 heavy (non-hydrogen) atoms. The monoisotopic (exact) mass is 327 g/mol. The van der Waals surface area contributed by atoms with E-state index in [0.717, 1.165) is 12.8 Å². The van der Waals surface area contributed by atoms with Crippen molar-refractivity contribution in [2.75, 3.05) is 4.90 Å². The van der Waals surface area contributed by atoms with E-state index in [0.29, 0.717) is 17.9 Å². The molecule has 1 aromatic carbocycles. The predicted octanol–water partition coefficient (Wildman–Crippen LogP) is 2.99. The molecule has 3 heteroatoms. The lowest BCUT2D eigenvalue weighted by Crippen LogP contribution is -2.43. The summed E-state index contributed by atoms with van der Waals surface area (Å²) in [7, 11) is 0. The highest BCUT2D eigenvalue weighted by Crippen LogP contribution is 2.38. The third kappa shape index (κ3) is 1.75. The van der Waals surface area contributed by atoms with Gasteiger partial charge < -0.3 is 4.90 Å². The van der Waals surface area contributed by atoms with Crippen LogP contribution in [0.3, 0.4) is 0 Å². The molecule has 0 spiro atoms. The highest BCUT2D eigenvalue weighted by atomic mass is 127. The topological polar surface area (TPSA) is 20.3 Å². The van der Waals surface area contributed by atoms with Gasteiger partial charge >= 0.3 is 0 Å². The number of carbonyl (C=O) groups excluding carboxylic acids is 1. The lowest BCUT2D eigenvalue weighted by atomic mass is 10.0. The Kier molecular flexibility index (Phi) is 2.65. The van der Waals surface area contributed by atoms with Crippen LogP contribution in [0.4, 0.5) is 5.69 Å². The van der Waals surface area contributed by atoms with Crippen LogP contribution in [0.2, 0.25) is 0 Å². The summed E-state index contributed by atoms with van der Waals surface area (Å²) >= 11 is 2.35. The van der Waals surface area contributed by atoms with Crippen LogP contribution in [-0.4, -0.2) is 17.9 Å². The number of halogens is 1. The van der Waals surface area contributed by atoms with Crippen molar-refractivity contribution >= 4 is 34.1 Å². The first-order chi connectivity index (χ1) is 7.74. The lowest BCUT2D eigenvalue weighted by molar-refractivity contribution is -0.120. The van der Waals surface area contributed by atoms with Crippen molar-refractivity contribution in [2.24, 2.45) is 0 Å². The summed E-state index contributed by atoms with van der Waals surface area (Å²) in [5, 5.41) is 0. The quantitative estimate of drug-likeness (QED) is 0.739. The van der Waals surface area contributed by atoms with Crippen molar-refractivity contribution < 1.29 is 4.79 Å². The first-order valence-electron chi connectivity index (χ1n) is 5.79. The van der Waals surface area contributed by atoms with Gasteiger partial charge in [-0.3, -0.25) is 4.79 Å². The number of hydrogen-bond donors (Lipinski definition) is 0. The van der Waals surface area contributed by atoms with Gasteiger partial charge in [0, 0.05) is 34.2 Å². The van der Waals surface area contributed by atoms with Gasteiger partial charge in [0.2, 0.25) is 0 Å². The molecule has 2 fully saturated rings.